The molecule has 98 valence electrons. The van der Waals surface area contributed by atoms with E-state index in [0.29, 0.717) is 11.1 Å². The second-order valence-electron chi connectivity index (χ2n) is 4.22. The lowest BCUT2D eigenvalue weighted by Crippen LogP contribution is -2.41. The van der Waals surface area contributed by atoms with Gasteiger partial charge >= 0.3 is 5.97 Å². The van der Waals surface area contributed by atoms with Crippen LogP contribution in [0.15, 0.2) is 60.7 Å². The van der Waals surface area contributed by atoms with Gasteiger partial charge in [-0.25, -0.2) is 4.89 Å². The molecule has 0 saturated carbocycles. The fourth-order valence-electron chi connectivity index (χ4n) is 2.18. The highest BCUT2D eigenvalue weighted by atomic mass is 17.1. The SMILES string of the molecule is O=C(O)C(COO)(c1ccccc1)c1ccccc1. The van der Waals surface area contributed by atoms with Gasteiger partial charge in [-0.3, -0.25) is 10.1 Å². The van der Waals surface area contributed by atoms with Crippen LogP contribution in [0.2, 0.25) is 0 Å². The van der Waals surface area contributed by atoms with Crippen molar-refractivity contribution in [1.82, 2.24) is 0 Å². The molecule has 0 bridgehead atoms. The zero-order valence-corrected chi connectivity index (χ0v) is 10.2. The summed E-state index contributed by atoms with van der Waals surface area (Å²) in [5, 5.41) is 18.5. The fourth-order valence-corrected chi connectivity index (χ4v) is 2.18. The molecule has 19 heavy (non-hydrogen) atoms. The molecule has 0 atom stereocenters. The fraction of sp³-hybridized carbons (Fsp3) is 0.133. The molecular formula is C15H14O4. The van der Waals surface area contributed by atoms with Crippen molar-refractivity contribution >= 4 is 5.97 Å². The molecule has 4 heteroatoms. The second-order valence-corrected chi connectivity index (χ2v) is 4.22. The van der Waals surface area contributed by atoms with Crippen LogP contribution in [0.1, 0.15) is 11.1 Å². The first-order valence-electron chi connectivity index (χ1n) is 5.82. The van der Waals surface area contributed by atoms with Crippen molar-refractivity contribution in [1.29, 1.82) is 0 Å². The number of carboxylic acids is 1. The van der Waals surface area contributed by atoms with Crippen LogP contribution in [-0.4, -0.2) is 22.9 Å². The van der Waals surface area contributed by atoms with Crippen LogP contribution in [0, 0.1) is 0 Å². The van der Waals surface area contributed by atoms with Gasteiger partial charge in [-0.15, -0.1) is 0 Å². The monoisotopic (exact) mass is 258 g/mol. The van der Waals surface area contributed by atoms with Crippen LogP contribution in [0.3, 0.4) is 0 Å². The van der Waals surface area contributed by atoms with Crippen molar-refractivity contribution in [3.63, 3.8) is 0 Å². The van der Waals surface area contributed by atoms with E-state index in [1.54, 1.807) is 60.7 Å². The van der Waals surface area contributed by atoms with E-state index < -0.39 is 11.4 Å². The van der Waals surface area contributed by atoms with E-state index in [-0.39, 0.29) is 6.61 Å². The first-order chi connectivity index (χ1) is 9.21. The smallest absolute Gasteiger partial charge is 0.321 e. The Hall–Kier alpha value is -2.17. The van der Waals surface area contributed by atoms with Crippen LogP contribution >= 0.6 is 0 Å². The number of hydrogen-bond acceptors (Lipinski definition) is 3. The summed E-state index contributed by atoms with van der Waals surface area (Å²) in [6.07, 6.45) is 0. The van der Waals surface area contributed by atoms with Gasteiger partial charge in [-0.05, 0) is 11.1 Å². The highest BCUT2D eigenvalue weighted by Gasteiger charge is 2.43. The standard InChI is InChI=1S/C15H14O4/c16-14(17)15(11-19-18,12-7-3-1-4-8-12)13-9-5-2-6-10-13/h1-10,18H,11H2,(H,16,17). The van der Waals surface area contributed by atoms with Crippen molar-refractivity contribution < 1.29 is 20.0 Å². The van der Waals surface area contributed by atoms with Crippen LogP contribution in [0.25, 0.3) is 0 Å². The zero-order chi connectivity index (χ0) is 13.7. The normalized spacial score (nSPS) is 11.2. The maximum Gasteiger partial charge on any atom is 0.321 e. The van der Waals surface area contributed by atoms with Crippen LogP contribution in [0.4, 0.5) is 0 Å². The highest BCUT2D eigenvalue weighted by molar-refractivity contribution is 5.86. The first kappa shape index (κ1) is 13.3. The molecule has 0 aromatic heterocycles. The molecular weight excluding hydrogens is 244 g/mol. The van der Waals surface area contributed by atoms with E-state index in [4.69, 9.17) is 5.26 Å². The Morgan fingerprint density at radius 3 is 1.68 bits per heavy atom. The molecule has 0 aliphatic carbocycles. The number of rotatable bonds is 5. The third kappa shape index (κ3) is 2.36. The van der Waals surface area contributed by atoms with Crippen molar-refractivity contribution in [2.24, 2.45) is 0 Å². The van der Waals surface area contributed by atoms with Gasteiger partial charge in [0.15, 0.2) is 0 Å². The lowest BCUT2D eigenvalue weighted by atomic mass is 9.75. The van der Waals surface area contributed by atoms with E-state index in [9.17, 15) is 9.90 Å². The molecule has 2 aromatic rings. The predicted molar refractivity (Wildman–Crippen MR) is 69.9 cm³/mol. The summed E-state index contributed by atoms with van der Waals surface area (Å²) in [5.74, 6) is -1.07. The molecule has 2 rings (SSSR count). The van der Waals surface area contributed by atoms with Gasteiger partial charge in [0.05, 0.1) is 0 Å². The minimum atomic E-state index is -1.42. The second kappa shape index (κ2) is 5.65. The number of carboxylic acid groups (broad SMARTS) is 1. The van der Waals surface area contributed by atoms with Crippen molar-refractivity contribution in [2.45, 2.75) is 5.41 Å². The molecule has 0 amide bonds. The third-order valence-electron chi connectivity index (χ3n) is 3.18. The topological polar surface area (TPSA) is 66.8 Å². The molecule has 0 aliphatic rings. The lowest BCUT2D eigenvalue weighted by molar-refractivity contribution is -0.252. The maximum atomic E-state index is 11.8. The van der Waals surface area contributed by atoms with Crippen molar-refractivity contribution in [3.05, 3.63) is 71.8 Å². The van der Waals surface area contributed by atoms with E-state index in [1.165, 1.54) is 0 Å². The lowest BCUT2D eigenvalue weighted by Gasteiger charge is -2.29. The van der Waals surface area contributed by atoms with Gasteiger partial charge in [-0.1, -0.05) is 60.7 Å². The van der Waals surface area contributed by atoms with Gasteiger partial charge in [0.2, 0.25) is 0 Å². The van der Waals surface area contributed by atoms with E-state index in [0.717, 1.165) is 0 Å². The minimum absolute atomic E-state index is 0.351. The summed E-state index contributed by atoms with van der Waals surface area (Å²) in [5.41, 5.74) is -0.303. The van der Waals surface area contributed by atoms with Crippen LogP contribution < -0.4 is 0 Å². The summed E-state index contributed by atoms with van der Waals surface area (Å²) in [6, 6.07) is 17.5. The molecule has 0 unspecified atom stereocenters. The van der Waals surface area contributed by atoms with Crippen LogP contribution in [0.5, 0.6) is 0 Å². The molecule has 4 nitrogen and oxygen atoms in total. The molecule has 0 fully saturated rings. The summed E-state index contributed by atoms with van der Waals surface area (Å²) in [7, 11) is 0. The van der Waals surface area contributed by atoms with Gasteiger partial charge < -0.3 is 5.11 Å². The number of carbonyl (C=O) groups is 1. The Bertz CT molecular complexity index is 497. The molecule has 2 aromatic carbocycles. The largest absolute Gasteiger partial charge is 0.480 e. The van der Waals surface area contributed by atoms with E-state index in [2.05, 4.69) is 4.89 Å². The highest BCUT2D eigenvalue weighted by Crippen LogP contribution is 2.33. The van der Waals surface area contributed by atoms with Crippen molar-refractivity contribution in [3.8, 4) is 0 Å². The van der Waals surface area contributed by atoms with E-state index in [1.807, 2.05) is 0 Å². The van der Waals surface area contributed by atoms with Crippen molar-refractivity contribution in [2.75, 3.05) is 6.61 Å². The molecule has 2 N–H and O–H groups in total. The predicted octanol–water partition coefficient (Wildman–Crippen LogP) is 2.55. The summed E-state index contributed by atoms with van der Waals surface area (Å²) < 4.78 is 0. The van der Waals surface area contributed by atoms with Crippen LogP contribution in [-0.2, 0) is 15.1 Å². The Morgan fingerprint density at radius 1 is 0.947 bits per heavy atom. The van der Waals surface area contributed by atoms with Gasteiger partial charge in [0.25, 0.3) is 0 Å². The molecule has 0 aliphatic heterocycles. The summed E-state index contributed by atoms with van der Waals surface area (Å²) in [4.78, 5) is 16.0. The quantitative estimate of drug-likeness (QED) is 0.639. The molecule has 0 spiro atoms. The number of benzene rings is 2. The number of aliphatic carboxylic acids is 1. The zero-order valence-electron chi connectivity index (χ0n) is 10.2. The molecule has 0 heterocycles. The first-order valence-corrected chi connectivity index (χ1v) is 5.82. The van der Waals surface area contributed by atoms with E-state index >= 15 is 0 Å². The van der Waals surface area contributed by atoms with Gasteiger partial charge in [0.1, 0.15) is 12.0 Å². The Kier molecular flexibility index (Phi) is 3.94. The summed E-state index contributed by atoms with van der Waals surface area (Å²) >= 11 is 0. The average molecular weight is 258 g/mol. The van der Waals surface area contributed by atoms with Gasteiger partial charge in [0, 0.05) is 0 Å². The minimum Gasteiger partial charge on any atom is -0.480 e. The Labute approximate surface area is 110 Å². The third-order valence-corrected chi connectivity index (χ3v) is 3.18. The molecule has 0 saturated heterocycles. The van der Waals surface area contributed by atoms with Gasteiger partial charge in [-0.2, -0.15) is 0 Å². The Balaban J connectivity index is 2.65. The summed E-state index contributed by atoms with van der Waals surface area (Å²) in [6.45, 7) is -0.351. The number of hydrogen-bond donors (Lipinski definition) is 2. The Morgan fingerprint density at radius 2 is 1.37 bits per heavy atom. The molecule has 0 radical (unpaired) electrons. The average Bonchev–Trinajstić information content (AvgIpc) is 2.46. The maximum absolute atomic E-state index is 11.8.